The van der Waals surface area contributed by atoms with Gasteiger partial charge < -0.3 is 9.64 Å². The van der Waals surface area contributed by atoms with Crippen molar-refractivity contribution in [2.75, 3.05) is 26.7 Å². The molecule has 8 heteroatoms. The van der Waals surface area contributed by atoms with E-state index in [1.54, 1.807) is 4.90 Å². The molecule has 1 aliphatic heterocycles. The van der Waals surface area contributed by atoms with Gasteiger partial charge >= 0.3 is 0 Å². The Kier molecular flexibility index (Phi) is 6.26. The fourth-order valence-corrected chi connectivity index (χ4v) is 3.81. The molecule has 2 rings (SSSR count). The Morgan fingerprint density at radius 3 is 2.48 bits per heavy atom. The lowest BCUT2D eigenvalue weighted by molar-refractivity contribution is -0.129. The molecule has 1 aromatic rings. The number of carbonyl (C=O) groups is 1. The number of sulfonamides is 1. The number of carbonyl (C=O) groups excluding carboxylic acids is 1. The van der Waals surface area contributed by atoms with Gasteiger partial charge in [-0.1, -0.05) is 24.4 Å². The van der Waals surface area contributed by atoms with Gasteiger partial charge in [-0.25, -0.2) is 13.1 Å². The van der Waals surface area contributed by atoms with Gasteiger partial charge in [-0.05, 0) is 31.0 Å². The molecule has 0 unspecified atom stereocenters. The van der Waals surface area contributed by atoms with Crippen molar-refractivity contribution in [3.63, 3.8) is 0 Å². The first-order chi connectivity index (χ1) is 10.9. The number of amides is 1. The van der Waals surface area contributed by atoms with Gasteiger partial charge in [0.2, 0.25) is 15.9 Å². The van der Waals surface area contributed by atoms with E-state index in [1.807, 2.05) is 0 Å². The van der Waals surface area contributed by atoms with Crippen LogP contribution in [-0.2, 0) is 14.8 Å². The molecule has 1 fully saturated rings. The van der Waals surface area contributed by atoms with Gasteiger partial charge in [-0.15, -0.1) is 0 Å². The van der Waals surface area contributed by atoms with E-state index in [-0.39, 0.29) is 22.4 Å². The van der Waals surface area contributed by atoms with Crippen LogP contribution in [-0.4, -0.2) is 46.0 Å². The maximum absolute atomic E-state index is 12.3. The van der Waals surface area contributed by atoms with Crippen LogP contribution in [0.1, 0.15) is 25.7 Å². The Labute approximate surface area is 141 Å². The third-order valence-electron chi connectivity index (χ3n) is 3.81. The quantitative estimate of drug-likeness (QED) is 0.871. The van der Waals surface area contributed by atoms with Gasteiger partial charge in [0.15, 0.2) is 0 Å². The fraction of sp³-hybridized carbons (Fsp3) is 0.533. The molecular weight excluding hydrogens is 340 g/mol. The van der Waals surface area contributed by atoms with Crippen LogP contribution in [0.15, 0.2) is 23.1 Å². The summed E-state index contributed by atoms with van der Waals surface area (Å²) in [5.41, 5.74) is 0. The minimum absolute atomic E-state index is 0.00645. The number of nitrogens with zero attached hydrogens (tertiary/aromatic N) is 1. The highest BCUT2D eigenvalue weighted by atomic mass is 35.5. The zero-order valence-electron chi connectivity index (χ0n) is 13.0. The largest absolute Gasteiger partial charge is 0.495 e. The molecule has 0 bridgehead atoms. The summed E-state index contributed by atoms with van der Waals surface area (Å²) in [7, 11) is -2.34. The summed E-state index contributed by atoms with van der Waals surface area (Å²) >= 11 is 5.95. The molecule has 1 amide bonds. The first kappa shape index (κ1) is 18.0. The van der Waals surface area contributed by atoms with E-state index in [0.29, 0.717) is 18.8 Å². The number of hydrogen-bond donors (Lipinski definition) is 1. The number of nitrogens with one attached hydrogen (secondary N) is 1. The highest BCUT2D eigenvalue weighted by molar-refractivity contribution is 7.89. The zero-order chi connectivity index (χ0) is 16.9. The molecule has 6 nitrogen and oxygen atoms in total. The van der Waals surface area contributed by atoms with Gasteiger partial charge in [0.05, 0.1) is 23.6 Å². The van der Waals surface area contributed by atoms with Gasteiger partial charge in [-0.2, -0.15) is 0 Å². The van der Waals surface area contributed by atoms with Crippen LogP contribution in [0, 0.1) is 0 Å². The molecule has 0 aliphatic carbocycles. The molecule has 0 radical (unpaired) electrons. The summed E-state index contributed by atoms with van der Waals surface area (Å²) in [6.07, 6.45) is 4.15. The third kappa shape index (κ3) is 4.83. The maximum Gasteiger partial charge on any atom is 0.241 e. The first-order valence-electron chi connectivity index (χ1n) is 7.55. The molecule has 0 spiro atoms. The molecule has 1 N–H and O–H groups in total. The van der Waals surface area contributed by atoms with Crippen LogP contribution in [0.2, 0.25) is 5.02 Å². The average Bonchev–Trinajstić information content (AvgIpc) is 2.82. The molecule has 0 atom stereocenters. The second-order valence-electron chi connectivity index (χ2n) is 5.42. The molecular formula is C15H21ClN2O4S. The summed E-state index contributed by atoms with van der Waals surface area (Å²) in [6.45, 7) is 1.13. The van der Waals surface area contributed by atoms with Crippen molar-refractivity contribution >= 4 is 27.5 Å². The van der Waals surface area contributed by atoms with E-state index < -0.39 is 10.0 Å². The van der Waals surface area contributed by atoms with Crippen molar-refractivity contribution in [2.24, 2.45) is 0 Å². The van der Waals surface area contributed by atoms with Crippen LogP contribution in [0.3, 0.4) is 0 Å². The van der Waals surface area contributed by atoms with Crippen LogP contribution >= 0.6 is 11.6 Å². The van der Waals surface area contributed by atoms with E-state index in [2.05, 4.69) is 4.72 Å². The highest BCUT2D eigenvalue weighted by Crippen LogP contribution is 2.26. The van der Waals surface area contributed by atoms with Crippen LogP contribution < -0.4 is 9.46 Å². The summed E-state index contributed by atoms with van der Waals surface area (Å²) < 4.78 is 31.8. The van der Waals surface area contributed by atoms with E-state index in [1.165, 1.54) is 25.3 Å². The van der Waals surface area contributed by atoms with Gasteiger partial charge in [0.25, 0.3) is 0 Å². The molecule has 1 aromatic carbocycles. The van der Waals surface area contributed by atoms with Crippen molar-refractivity contribution in [3.05, 3.63) is 23.2 Å². The number of ether oxygens (including phenoxy) is 1. The Hall–Kier alpha value is -1.31. The highest BCUT2D eigenvalue weighted by Gasteiger charge is 2.20. The summed E-state index contributed by atoms with van der Waals surface area (Å²) in [5.74, 6) is 0.196. The molecule has 1 heterocycles. The number of benzene rings is 1. The number of methoxy groups -OCH3 is 1. The number of halogens is 1. The van der Waals surface area contributed by atoms with E-state index >= 15 is 0 Å². The van der Waals surface area contributed by atoms with Crippen molar-refractivity contribution in [2.45, 2.75) is 30.6 Å². The summed E-state index contributed by atoms with van der Waals surface area (Å²) in [5, 5.41) is 0.203. The number of likely N-dealkylation sites (tertiary alicyclic amines) is 1. The molecule has 1 aliphatic rings. The van der Waals surface area contributed by atoms with Crippen molar-refractivity contribution in [3.8, 4) is 5.75 Å². The standard InChI is InChI=1S/C15H21ClN2O4S/c1-22-14-7-6-12(10-13(14)16)23(20,21)17-11-15(19)18-8-4-2-3-5-9-18/h6-7,10,17H,2-5,8-9,11H2,1H3. The Morgan fingerprint density at radius 1 is 1.26 bits per heavy atom. The molecule has 0 aromatic heterocycles. The lowest BCUT2D eigenvalue weighted by Crippen LogP contribution is -2.40. The molecule has 0 saturated carbocycles. The number of rotatable bonds is 5. The first-order valence-corrected chi connectivity index (χ1v) is 9.41. The molecule has 128 valence electrons. The van der Waals surface area contributed by atoms with E-state index in [9.17, 15) is 13.2 Å². The normalized spacial score (nSPS) is 16.0. The predicted octanol–water partition coefficient (Wildman–Crippen LogP) is 2.03. The SMILES string of the molecule is COc1ccc(S(=O)(=O)NCC(=O)N2CCCCCC2)cc1Cl. The summed E-state index contributed by atoms with van der Waals surface area (Å²) in [4.78, 5) is 13.9. The Morgan fingerprint density at radius 2 is 1.91 bits per heavy atom. The minimum atomic E-state index is -3.79. The third-order valence-corrected chi connectivity index (χ3v) is 5.50. The Balaban J connectivity index is 2.00. The predicted molar refractivity (Wildman–Crippen MR) is 88.2 cm³/mol. The van der Waals surface area contributed by atoms with Crippen LogP contribution in [0.4, 0.5) is 0 Å². The van der Waals surface area contributed by atoms with Gasteiger partial charge in [-0.3, -0.25) is 4.79 Å². The maximum atomic E-state index is 12.3. The van der Waals surface area contributed by atoms with Crippen molar-refractivity contribution in [1.82, 2.24) is 9.62 Å². The van der Waals surface area contributed by atoms with E-state index in [0.717, 1.165) is 25.7 Å². The zero-order valence-corrected chi connectivity index (χ0v) is 14.6. The number of hydrogen-bond acceptors (Lipinski definition) is 4. The van der Waals surface area contributed by atoms with Crippen LogP contribution in [0.25, 0.3) is 0 Å². The fourth-order valence-electron chi connectivity index (χ4n) is 2.49. The monoisotopic (exact) mass is 360 g/mol. The molecule has 1 saturated heterocycles. The topological polar surface area (TPSA) is 75.7 Å². The van der Waals surface area contributed by atoms with Crippen molar-refractivity contribution in [1.29, 1.82) is 0 Å². The van der Waals surface area contributed by atoms with Gasteiger partial charge in [0.1, 0.15) is 5.75 Å². The Bertz CT molecular complexity index is 655. The lowest BCUT2D eigenvalue weighted by atomic mass is 10.2. The second-order valence-corrected chi connectivity index (χ2v) is 7.59. The van der Waals surface area contributed by atoms with E-state index in [4.69, 9.17) is 16.3 Å². The van der Waals surface area contributed by atoms with Crippen molar-refractivity contribution < 1.29 is 17.9 Å². The second kappa shape index (κ2) is 7.99. The smallest absolute Gasteiger partial charge is 0.241 e. The summed E-state index contributed by atoms with van der Waals surface area (Å²) in [6, 6.07) is 4.18. The lowest BCUT2D eigenvalue weighted by Gasteiger charge is -2.20. The molecule has 23 heavy (non-hydrogen) atoms. The minimum Gasteiger partial charge on any atom is -0.495 e. The van der Waals surface area contributed by atoms with Gasteiger partial charge in [0, 0.05) is 13.1 Å². The average molecular weight is 361 g/mol. The van der Waals surface area contributed by atoms with Crippen LogP contribution in [0.5, 0.6) is 5.75 Å².